The Morgan fingerprint density at radius 3 is 2.61 bits per heavy atom. The van der Waals surface area contributed by atoms with Gasteiger partial charge in [-0.25, -0.2) is 4.98 Å². The Bertz CT molecular complexity index is 1080. The second-order valence-electron chi connectivity index (χ2n) is 7.80. The second-order valence-corrected chi connectivity index (χ2v) is 9.24. The summed E-state index contributed by atoms with van der Waals surface area (Å²) in [5.41, 5.74) is 4.78. The quantitative estimate of drug-likeness (QED) is 0.499. The highest BCUT2D eigenvalue weighted by Gasteiger charge is 2.24. The van der Waals surface area contributed by atoms with Crippen molar-refractivity contribution < 1.29 is 9.53 Å². The minimum Gasteiger partial charge on any atom is -0.379 e. The summed E-state index contributed by atoms with van der Waals surface area (Å²) in [4.78, 5) is 22.6. The van der Waals surface area contributed by atoms with Crippen LogP contribution >= 0.6 is 35.3 Å². The first-order valence-corrected chi connectivity index (χ1v) is 11.4. The molecule has 1 amide bonds. The summed E-state index contributed by atoms with van der Waals surface area (Å²) in [5.74, 6) is -0.0106. The van der Waals surface area contributed by atoms with Gasteiger partial charge in [-0.1, -0.05) is 40.6 Å². The molecule has 0 spiro atoms. The lowest BCUT2D eigenvalue weighted by Crippen LogP contribution is -2.43. The van der Waals surface area contributed by atoms with E-state index in [1.165, 1.54) is 11.3 Å². The van der Waals surface area contributed by atoms with E-state index in [0.717, 1.165) is 65.3 Å². The number of ether oxygens (including phenoxy) is 1. The van der Waals surface area contributed by atoms with Crippen molar-refractivity contribution in [1.29, 1.82) is 0 Å². The number of rotatable bonds is 5. The van der Waals surface area contributed by atoms with Gasteiger partial charge in [0.15, 0.2) is 5.13 Å². The first kappa shape index (κ1) is 24.0. The van der Waals surface area contributed by atoms with Crippen LogP contribution in [-0.4, -0.2) is 55.2 Å². The predicted molar refractivity (Wildman–Crippen MR) is 131 cm³/mol. The van der Waals surface area contributed by atoms with Gasteiger partial charge in [-0.05, 0) is 50.1 Å². The number of thiazole rings is 1. The van der Waals surface area contributed by atoms with Crippen LogP contribution in [0.3, 0.4) is 0 Å². The summed E-state index contributed by atoms with van der Waals surface area (Å²) in [5, 5.41) is 1.41. The SMILES string of the molecule is Cc1ccc(C(=O)N(CCN2CCOCC2)c2nc3c(C)cc(Cl)cc3s2)c(C)c1.Cl. The van der Waals surface area contributed by atoms with Gasteiger partial charge in [0.1, 0.15) is 0 Å². The fourth-order valence-electron chi connectivity index (χ4n) is 3.81. The van der Waals surface area contributed by atoms with Crippen molar-refractivity contribution in [2.75, 3.05) is 44.3 Å². The maximum atomic E-state index is 13.6. The molecule has 0 unspecified atom stereocenters. The monoisotopic (exact) mass is 479 g/mol. The van der Waals surface area contributed by atoms with E-state index in [2.05, 4.69) is 11.0 Å². The molecule has 0 aliphatic carbocycles. The molecule has 4 rings (SSSR count). The number of aryl methyl sites for hydroxylation is 3. The lowest BCUT2D eigenvalue weighted by molar-refractivity contribution is 0.0391. The van der Waals surface area contributed by atoms with E-state index >= 15 is 0 Å². The maximum Gasteiger partial charge on any atom is 0.260 e. The first-order chi connectivity index (χ1) is 14.4. The molecule has 0 bridgehead atoms. The van der Waals surface area contributed by atoms with Gasteiger partial charge in [0.25, 0.3) is 5.91 Å². The number of nitrogens with zero attached hydrogens (tertiary/aromatic N) is 3. The predicted octanol–water partition coefficient (Wildman–Crippen LogP) is 5.28. The fraction of sp³-hybridized carbons (Fsp3) is 0.391. The summed E-state index contributed by atoms with van der Waals surface area (Å²) in [6, 6.07) is 9.80. The standard InChI is InChI=1S/C23H26ClN3O2S.ClH/c1-15-4-5-19(16(2)12-15)22(28)27(7-6-26-8-10-29-11-9-26)23-25-21-17(3)13-18(24)14-20(21)30-23;/h4-5,12-14H,6-11H2,1-3H3;1H. The van der Waals surface area contributed by atoms with Gasteiger partial charge < -0.3 is 4.74 Å². The number of fused-ring (bicyclic) bond motifs is 1. The van der Waals surface area contributed by atoms with Gasteiger partial charge in [-0.15, -0.1) is 12.4 Å². The van der Waals surface area contributed by atoms with Crippen molar-refractivity contribution in [3.63, 3.8) is 0 Å². The minimum absolute atomic E-state index is 0. The molecule has 1 aliphatic rings. The number of carbonyl (C=O) groups is 1. The van der Waals surface area contributed by atoms with E-state index < -0.39 is 0 Å². The Kier molecular flexibility index (Phi) is 7.94. The molecule has 2 heterocycles. The lowest BCUT2D eigenvalue weighted by atomic mass is 10.0. The van der Waals surface area contributed by atoms with E-state index in [1.807, 2.05) is 49.9 Å². The van der Waals surface area contributed by atoms with Crippen LogP contribution in [0.25, 0.3) is 10.2 Å². The molecular weight excluding hydrogens is 453 g/mol. The van der Waals surface area contributed by atoms with Crippen molar-refractivity contribution in [2.45, 2.75) is 20.8 Å². The van der Waals surface area contributed by atoms with Crippen LogP contribution in [0.15, 0.2) is 30.3 Å². The van der Waals surface area contributed by atoms with Crippen LogP contribution in [0.1, 0.15) is 27.0 Å². The third-order valence-electron chi connectivity index (χ3n) is 5.47. The Morgan fingerprint density at radius 1 is 1.16 bits per heavy atom. The molecule has 0 N–H and O–H groups in total. The first-order valence-electron chi connectivity index (χ1n) is 10.2. The maximum absolute atomic E-state index is 13.6. The molecule has 5 nitrogen and oxygen atoms in total. The third kappa shape index (κ3) is 5.38. The molecule has 31 heavy (non-hydrogen) atoms. The second kappa shape index (κ2) is 10.3. The fourth-order valence-corrected chi connectivity index (χ4v) is 5.25. The summed E-state index contributed by atoms with van der Waals surface area (Å²) < 4.78 is 6.45. The molecule has 3 aromatic rings. The molecule has 2 aromatic carbocycles. The van der Waals surface area contributed by atoms with Crippen molar-refractivity contribution in [3.8, 4) is 0 Å². The van der Waals surface area contributed by atoms with Gasteiger partial charge >= 0.3 is 0 Å². The van der Waals surface area contributed by atoms with Gasteiger partial charge in [-0.2, -0.15) is 0 Å². The van der Waals surface area contributed by atoms with Crippen molar-refractivity contribution >= 4 is 56.6 Å². The summed E-state index contributed by atoms with van der Waals surface area (Å²) in [7, 11) is 0. The summed E-state index contributed by atoms with van der Waals surface area (Å²) in [6.07, 6.45) is 0. The lowest BCUT2D eigenvalue weighted by Gasteiger charge is -2.29. The molecule has 0 saturated carbocycles. The number of morpholine rings is 1. The highest BCUT2D eigenvalue weighted by molar-refractivity contribution is 7.22. The van der Waals surface area contributed by atoms with Gasteiger partial charge in [0.2, 0.25) is 0 Å². The van der Waals surface area contributed by atoms with Gasteiger partial charge in [-0.3, -0.25) is 14.6 Å². The molecule has 1 aromatic heterocycles. The Morgan fingerprint density at radius 2 is 1.90 bits per heavy atom. The van der Waals surface area contributed by atoms with Crippen LogP contribution < -0.4 is 4.90 Å². The van der Waals surface area contributed by atoms with E-state index in [-0.39, 0.29) is 18.3 Å². The minimum atomic E-state index is -0.0106. The normalized spacial score (nSPS) is 14.5. The molecule has 1 saturated heterocycles. The largest absolute Gasteiger partial charge is 0.379 e. The number of hydrogen-bond donors (Lipinski definition) is 0. The summed E-state index contributed by atoms with van der Waals surface area (Å²) >= 11 is 7.77. The molecule has 8 heteroatoms. The zero-order chi connectivity index (χ0) is 21.3. The Hall–Kier alpha value is -1.70. The van der Waals surface area contributed by atoms with E-state index in [4.69, 9.17) is 21.3 Å². The molecule has 0 radical (unpaired) electrons. The molecule has 166 valence electrons. The van der Waals surface area contributed by atoms with Crippen molar-refractivity contribution in [3.05, 3.63) is 57.6 Å². The average molecular weight is 480 g/mol. The molecular formula is C23H27Cl2N3O2S. The average Bonchev–Trinajstić information content (AvgIpc) is 3.13. The number of hydrogen-bond acceptors (Lipinski definition) is 5. The highest BCUT2D eigenvalue weighted by Crippen LogP contribution is 2.34. The Balaban J connectivity index is 0.00000272. The molecule has 1 fully saturated rings. The van der Waals surface area contributed by atoms with Gasteiger partial charge in [0, 0.05) is 36.8 Å². The number of amides is 1. The number of halogens is 2. The van der Waals surface area contributed by atoms with Gasteiger partial charge in [0.05, 0.1) is 23.4 Å². The highest BCUT2D eigenvalue weighted by atomic mass is 35.5. The number of aromatic nitrogens is 1. The third-order valence-corrected chi connectivity index (χ3v) is 6.71. The zero-order valence-corrected chi connectivity index (χ0v) is 20.4. The number of benzene rings is 2. The van der Waals surface area contributed by atoms with E-state index in [1.54, 1.807) is 0 Å². The van der Waals surface area contributed by atoms with Crippen LogP contribution in [0.2, 0.25) is 5.02 Å². The van der Waals surface area contributed by atoms with Crippen LogP contribution in [0.4, 0.5) is 5.13 Å². The van der Waals surface area contributed by atoms with Crippen LogP contribution in [0, 0.1) is 20.8 Å². The zero-order valence-electron chi connectivity index (χ0n) is 18.0. The summed E-state index contributed by atoms with van der Waals surface area (Å²) in [6.45, 7) is 10.7. The van der Waals surface area contributed by atoms with Crippen LogP contribution in [-0.2, 0) is 4.74 Å². The topological polar surface area (TPSA) is 45.7 Å². The van der Waals surface area contributed by atoms with Crippen molar-refractivity contribution in [1.82, 2.24) is 9.88 Å². The van der Waals surface area contributed by atoms with E-state index in [0.29, 0.717) is 16.7 Å². The number of carbonyl (C=O) groups excluding carboxylic acids is 1. The molecule has 0 atom stereocenters. The number of anilines is 1. The molecule has 1 aliphatic heterocycles. The smallest absolute Gasteiger partial charge is 0.260 e. The Labute approximate surface area is 198 Å². The van der Waals surface area contributed by atoms with Crippen molar-refractivity contribution in [2.24, 2.45) is 0 Å². The van der Waals surface area contributed by atoms with Crippen LogP contribution in [0.5, 0.6) is 0 Å². The van der Waals surface area contributed by atoms with E-state index in [9.17, 15) is 4.79 Å².